The SMILES string of the molecule is CCC(CC)c1cc(C)n2nc(-c3sc(N4CCCCC4)nc3C)n(C)c(=O)c12. The van der Waals surface area contributed by atoms with E-state index < -0.39 is 0 Å². The van der Waals surface area contributed by atoms with E-state index in [1.807, 2.05) is 25.4 Å². The van der Waals surface area contributed by atoms with Crippen LogP contribution in [0.1, 0.15) is 68.8 Å². The molecule has 1 saturated heterocycles. The monoisotopic (exact) mass is 413 g/mol. The van der Waals surface area contributed by atoms with Crippen molar-refractivity contribution in [2.75, 3.05) is 18.0 Å². The summed E-state index contributed by atoms with van der Waals surface area (Å²) in [5.41, 5.74) is 3.84. The second kappa shape index (κ2) is 7.94. The predicted molar refractivity (Wildman–Crippen MR) is 120 cm³/mol. The lowest BCUT2D eigenvalue weighted by Crippen LogP contribution is -2.29. The molecule has 7 heteroatoms. The summed E-state index contributed by atoms with van der Waals surface area (Å²) in [5.74, 6) is 1.09. The number of rotatable bonds is 5. The highest BCUT2D eigenvalue weighted by atomic mass is 32.1. The zero-order valence-electron chi connectivity index (χ0n) is 18.2. The van der Waals surface area contributed by atoms with Crippen LogP contribution in [0.25, 0.3) is 16.2 Å². The lowest BCUT2D eigenvalue weighted by molar-refractivity contribution is 0.576. The van der Waals surface area contributed by atoms with Crippen LogP contribution in [-0.2, 0) is 7.05 Å². The molecule has 0 amide bonds. The minimum absolute atomic E-state index is 0.0253. The Bertz CT molecular complexity index is 1080. The van der Waals surface area contributed by atoms with Crippen LogP contribution in [-0.4, -0.2) is 32.3 Å². The Morgan fingerprint density at radius 2 is 1.83 bits per heavy atom. The zero-order valence-corrected chi connectivity index (χ0v) is 19.0. The Labute approximate surface area is 176 Å². The van der Waals surface area contributed by atoms with Crippen molar-refractivity contribution < 1.29 is 0 Å². The van der Waals surface area contributed by atoms with Crippen molar-refractivity contribution in [1.82, 2.24) is 19.2 Å². The summed E-state index contributed by atoms with van der Waals surface area (Å²) < 4.78 is 3.56. The van der Waals surface area contributed by atoms with Crippen molar-refractivity contribution in [2.45, 2.75) is 65.7 Å². The first kappa shape index (κ1) is 20.1. The maximum atomic E-state index is 13.4. The molecule has 0 aromatic carbocycles. The van der Waals surface area contributed by atoms with Crippen LogP contribution in [0.4, 0.5) is 5.13 Å². The molecule has 0 bridgehead atoms. The Balaban J connectivity index is 1.86. The van der Waals surface area contributed by atoms with Crippen LogP contribution in [0.2, 0.25) is 0 Å². The molecule has 156 valence electrons. The number of piperidine rings is 1. The molecular weight excluding hydrogens is 382 g/mol. The third kappa shape index (κ3) is 3.39. The Kier molecular flexibility index (Phi) is 5.51. The number of aryl methyl sites for hydroxylation is 2. The van der Waals surface area contributed by atoms with E-state index in [9.17, 15) is 4.79 Å². The van der Waals surface area contributed by atoms with Gasteiger partial charge in [0.15, 0.2) is 11.0 Å². The molecule has 4 heterocycles. The smallest absolute Gasteiger partial charge is 0.278 e. The highest BCUT2D eigenvalue weighted by molar-refractivity contribution is 7.19. The number of thiazole rings is 1. The van der Waals surface area contributed by atoms with Gasteiger partial charge >= 0.3 is 0 Å². The average Bonchev–Trinajstić information content (AvgIpc) is 3.27. The molecule has 0 N–H and O–H groups in total. The maximum absolute atomic E-state index is 13.4. The highest BCUT2D eigenvalue weighted by Gasteiger charge is 2.23. The first-order chi connectivity index (χ1) is 14.0. The Morgan fingerprint density at radius 1 is 1.14 bits per heavy atom. The standard InChI is InChI=1S/C22H31N5OS/c1-6-16(7-2)17-13-14(3)27-18(17)21(28)25(5)20(24-27)19-15(4)23-22(29-19)26-11-9-8-10-12-26/h13,16H,6-12H2,1-5H3. The van der Waals surface area contributed by atoms with Gasteiger partial charge in [-0.1, -0.05) is 25.2 Å². The molecular formula is C22H31N5OS. The van der Waals surface area contributed by atoms with Gasteiger partial charge in [0.25, 0.3) is 5.56 Å². The van der Waals surface area contributed by atoms with Gasteiger partial charge in [0.05, 0.1) is 10.6 Å². The Hall–Kier alpha value is -2.15. The van der Waals surface area contributed by atoms with E-state index in [0.717, 1.165) is 58.4 Å². The molecule has 0 aliphatic carbocycles. The zero-order chi connectivity index (χ0) is 20.7. The van der Waals surface area contributed by atoms with E-state index in [1.165, 1.54) is 19.3 Å². The van der Waals surface area contributed by atoms with E-state index in [2.05, 4.69) is 24.8 Å². The average molecular weight is 414 g/mol. The minimum atomic E-state index is 0.0253. The second-order valence-corrected chi connectivity index (χ2v) is 9.14. The van der Waals surface area contributed by atoms with Crippen molar-refractivity contribution in [3.63, 3.8) is 0 Å². The largest absolute Gasteiger partial charge is 0.348 e. The van der Waals surface area contributed by atoms with E-state index in [4.69, 9.17) is 10.1 Å². The first-order valence-electron chi connectivity index (χ1n) is 10.8. The van der Waals surface area contributed by atoms with Crippen molar-refractivity contribution >= 4 is 22.0 Å². The highest BCUT2D eigenvalue weighted by Crippen LogP contribution is 2.35. The fraction of sp³-hybridized carbons (Fsp3) is 0.591. The van der Waals surface area contributed by atoms with E-state index in [0.29, 0.717) is 11.7 Å². The second-order valence-electron chi connectivity index (χ2n) is 8.16. The van der Waals surface area contributed by atoms with Crippen molar-refractivity contribution in [2.24, 2.45) is 7.05 Å². The van der Waals surface area contributed by atoms with Gasteiger partial charge in [-0.15, -0.1) is 5.10 Å². The van der Waals surface area contributed by atoms with Gasteiger partial charge in [0.2, 0.25) is 0 Å². The van der Waals surface area contributed by atoms with Crippen LogP contribution >= 0.6 is 11.3 Å². The van der Waals surface area contributed by atoms with Crippen molar-refractivity contribution in [1.29, 1.82) is 0 Å². The third-order valence-electron chi connectivity index (χ3n) is 6.24. The molecule has 29 heavy (non-hydrogen) atoms. The summed E-state index contributed by atoms with van der Waals surface area (Å²) in [5, 5.41) is 5.98. The third-order valence-corrected chi connectivity index (χ3v) is 7.46. The molecule has 1 aliphatic heterocycles. The number of fused-ring (bicyclic) bond motifs is 1. The first-order valence-corrected chi connectivity index (χ1v) is 11.6. The fourth-order valence-corrected chi connectivity index (χ4v) is 5.60. The number of aromatic nitrogens is 4. The predicted octanol–water partition coefficient (Wildman–Crippen LogP) is 4.67. The molecule has 0 saturated carbocycles. The maximum Gasteiger partial charge on any atom is 0.278 e. The molecule has 1 fully saturated rings. The molecule has 1 aliphatic rings. The van der Waals surface area contributed by atoms with Gasteiger partial charge in [0.1, 0.15) is 5.52 Å². The minimum Gasteiger partial charge on any atom is -0.348 e. The molecule has 0 atom stereocenters. The normalized spacial score (nSPS) is 15.0. The van der Waals surface area contributed by atoms with E-state index in [1.54, 1.807) is 15.9 Å². The van der Waals surface area contributed by atoms with Gasteiger partial charge < -0.3 is 4.90 Å². The van der Waals surface area contributed by atoms with Crippen molar-refractivity contribution in [3.05, 3.63) is 33.4 Å². The van der Waals surface area contributed by atoms with Gasteiger partial charge in [-0.25, -0.2) is 9.50 Å². The van der Waals surface area contributed by atoms with Crippen LogP contribution in [0.3, 0.4) is 0 Å². The van der Waals surface area contributed by atoms with Gasteiger partial charge in [-0.05, 0) is 63.5 Å². The van der Waals surface area contributed by atoms with Gasteiger partial charge in [-0.3, -0.25) is 9.36 Å². The molecule has 3 aromatic heterocycles. The lowest BCUT2D eigenvalue weighted by atomic mass is 9.95. The molecule has 0 radical (unpaired) electrons. The summed E-state index contributed by atoms with van der Waals surface area (Å²) in [6.07, 6.45) is 5.78. The van der Waals surface area contributed by atoms with Crippen LogP contribution in [0.5, 0.6) is 0 Å². The lowest BCUT2D eigenvalue weighted by Gasteiger charge is -2.25. The van der Waals surface area contributed by atoms with Gasteiger partial charge in [-0.2, -0.15) is 0 Å². The topological polar surface area (TPSA) is 55.4 Å². The number of nitrogens with zero attached hydrogens (tertiary/aromatic N) is 5. The molecule has 6 nitrogen and oxygen atoms in total. The van der Waals surface area contributed by atoms with E-state index >= 15 is 0 Å². The van der Waals surface area contributed by atoms with Crippen LogP contribution in [0, 0.1) is 13.8 Å². The summed E-state index contributed by atoms with van der Waals surface area (Å²) in [6.45, 7) is 10.5. The molecule has 3 aromatic rings. The summed E-state index contributed by atoms with van der Waals surface area (Å²) in [4.78, 5) is 21.6. The van der Waals surface area contributed by atoms with Crippen LogP contribution in [0.15, 0.2) is 10.9 Å². The molecule has 0 unspecified atom stereocenters. The fourth-order valence-electron chi connectivity index (χ4n) is 4.46. The number of hydrogen-bond acceptors (Lipinski definition) is 5. The summed E-state index contributed by atoms with van der Waals surface area (Å²) in [6, 6.07) is 2.14. The van der Waals surface area contributed by atoms with E-state index in [-0.39, 0.29) is 5.56 Å². The quantitative estimate of drug-likeness (QED) is 0.610. The van der Waals surface area contributed by atoms with Crippen LogP contribution < -0.4 is 10.5 Å². The Morgan fingerprint density at radius 3 is 2.48 bits per heavy atom. The molecule has 4 rings (SSSR count). The van der Waals surface area contributed by atoms with Crippen molar-refractivity contribution in [3.8, 4) is 10.7 Å². The number of anilines is 1. The molecule has 0 spiro atoms. The van der Waals surface area contributed by atoms with Gasteiger partial charge in [0, 0.05) is 25.8 Å². The summed E-state index contributed by atoms with van der Waals surface area (Å²) in [7, 11) is 1.84. The number of hydrogen-bond donors (Lipinski definition) is 0. The summed E-state index contributed by atoms with van der Waals surface area (Å²) >= 11 is 1.66.